The summed E-state index contributed by atoms with van der Waals surface area (Å²) in [6.45, 7) is 2.94. The Morgan fingerprint density at radius 1 is 1.00 bits per heavy atom. The molecule has 0 aromatic heterocycles. The number of ether oxygens (including phenoxy) is 1. The zero-order valence-electron chi connectivity index (χ0n) is 12.2. The maximum Gasteiger partial charge on any atom is 0.118 e. The van der Waals surface area contributed by atoms with E-state index in [0.29, 0.717) is 16.1 Å². The first-order chi connectivity index (χ1) is 10.1. The van der Waals surface area contributed by atoms with Gasteiger partial charge in [0.15, 0.2) is 0 Å². The third-order valence-corrected chi connectivity index (χ3v) is 4.08. The van der Waals surface area contributed by atoms with Crippen LogP contribution in [0, 0.1) is 0 Å². The molecule has 21 heavy (non-hydrogen) atoms. The Bertz CT molecular complexity index is 584. The van der Waals surface area contributed by atoms with E-state index < -0.39 is 0 Å². The topological polar surface area (TPSA) is 21.3 Å². The summed E-state index contributed by atoms with van der Waals surface area (Å²) in [5, 5.41) is 4.68. The molecular weight excluding hydrogens is 305 g/mol. The average Bonchev–Trinajstić information content (AvgIpc) is 2.49. The molecule has 112 valence electrons. The average molecular weight is 324 g/mol. The highest BCUT2D eigenvalue weighted by Gasteiger charge is 2.05. The van der Waals surface area contributed by atoms with E-state index in [9.17, 15) is 0 Å². The van der Waals surface area contributed by atoms with E-state index >= 15 is 0 Å². The Hall–Kier alpha value is -1.22. The largest absolute Gasteiger partial charge is 0.497 e. The molecule has 0 unspecified atom stereocenters. The van der Waals surface area contributed by atoms with Gasteiger partial charge in [0.05, 0.1) is 17.2 Å². The van der Waals surface area contributed by atoms with E-state index in [1.54, 1.807) is 7.11 Å². The zero-order chi connectivity index (χ0) is 15.2. The summed E-state index contributed by atoms with van der Waals surface area (Å²) < 4.78 is 5.16. The summed E-state index contributed by atoms with van der Waals surface area (Å²) in [5.41, 5.74) is 2.41. The van der Waals surface area contributed by atoms with Gasteiger partial charge in [-0.3, -0.25) is 0 Å². The molecule has 1 N–H and O–H groups in total. The van der Waals surface area contributed by atoms with Crippen LogP contribution in [0.1, 0.15) is 18.1 Å². The Morgan fingerprint density at radius 3 is 2.29 bits per heavy atom. The highest BCUT2D eigenvalue weighted by Crippen LogP contribution is 2.22. The van der Waals surface area contributed by atoms with Crippen molar-refractivity contribution in [3.05, 3.63) is 63.6 Å². The molecule has 2 nitrogen and oxygen atoms in total. The lowest BCUT2D eigenvalue weighted by atomic mass is 10.1. The standard InChI is InChI=1S/C17H19Cl2NO/c1-12(9-13-3-6-15(21-2)7-4-13)20-11-14-5-8-16(18)17(19)10-14/h3-8,10,12,20H,9,11H2,1-2H3/t12-/m1/s1. The lowest BCUT2D eigenvalue weighted by Gasteiger charge is -2.14. The molecule has 0 heterocycles. The van der Waals surface area contributed by atoms with Crippen molar-refractivity contribution in [2.24, 2.45) is 0 Å². The fourth-order valence-corrected chi connectivity index (χ4v) is 2.45. The molecule has 0 fully saturated rings. The van der Waals surface area contributed by atoms with Gasteiger partial charge in [0.2, 0.25) is 0 Å². The van der Waals surface area contributed by atoms with Crippen LogP contribution in [0.4, 0.5) is 0 Å². The zero-order valence-corrected chi connectivity index (χ0v) is 13.7. The van der Waals surface area contributed by atoms with Gasteiger partial charge in [-0.25, -0.2) is 0 Å². The summed E-state index contributed by atoms with van der Waals surface area (Å²) >= 11 is 11.9. The van der Waals surface area contributed by atoms with Gasteiger partial charge in [-0.05, 0) is 48.7 Å². The number of methoxy groups -OCH3 is 1. The van der Waals surface area contributed by atoms with Gasteiger partial charge in [-0.1, -0.05) is 41.4 Å². The molecule has 0 aliphatic carbocycles. The van der Waals surface area contributed by atoms with Crippen LogP contribution in [0.5, 0.6) is 5.75 Å². The first kappa shape index (κ1) is 16.2. The van der Waals surface area contributed by atoms with Gasteiger partial charge >= 0.3 is 0 Å². The van der Waals surface area contributed by atoms with Crippen molar-refractivity contribution in [1.82, 2.24) is 5.32 Å². The molecule has 0 aliphatic heterocycles. The molecule has 0 amide bonds. The molecular formula is C17H19Cl2NO. The summed E-state index contributed by atoms with van der Waals surface area (Å²) in [4.78, 5) is 0. The first-order valence-electron chi connectivity index (χ1n) is 6.88. The van der Waals surface area contributed by atoms with E-state index in [-0.39, 0.29) is 0 Å². The third-order valence-electron chi connectivity index (χ3n) is 3.34. The molecule has 0 radical (unpaired) electrons. The Morgan fingerprint density at radius 2 is 1.67 bits per heavy atom. The highest BCUT2D eigenvalue weighted by atomic mass is 35.5. The minimum atomic E-state index is 0.368. The molecule has 1 atom stereocenters. The number of hydrogen-bond donors (Lipinski definition) is 1. The van der Waals surface area contributed by atoms with Gasteiger partial charge in [-0.2, -0.15) is 0 Å². The fourth-order valence-electron chi connectivity index (χ4n) is 2.13. The Labute approximate surface area is 136 Å². The fraction of sp³-hybridized carbons (Fsp3) is 0.294. The van der Waals surface area contributed by atoms with Crippen LogP contribution in [-0.2, 0) is 13.0 Å². The second kappa shape index (κ2) is 7.69. The highest BCUT2D eigenvalue weighted by molar-refractivity contribution is 6.42. The van der Waals surface area contributed by atoms with Crippen LogP contribution >= 0.6 is 23.2 Å². The van der Waals surface area contributed by atoms with E-state index in [1.165, 1.54) is 5.56 Å². The van der Waals surface area contributed by atoms with Crippen molar-refractivity contribution in [3.8, 4) is 5.75 Å². The molecule has 0 aliphatic rings. The number of hydrogen-bond acceptors (Lipinski definition) is 2. The molecule has 2 aromatic carbocycles. The molecule has 2 aromatic rings. The van der Waals surface area contributed by atoms with Crippen LogP contribution in [0.15, 0.2) is 42.5 Å². The van der Waals surface area contributed by atoms with E-state index in [2.05, 4.69) is 24.4 Å². The molecule has 4 heteroatoms. The van der Waals surface area contributed by atoms with Gasteiger partial charge < -0.3 is 10.1 Å². The summed E-state index contributed by atoms with van der Waals surface area (Å²) in [6, 6.07) is 14.2. The Balaban J connectivity index is 1.86. The van der Waals surface area contributed by atoms with Crippen LogP contribution < -0.4 is 10.1 Å². The van der Waals surface area contributed by atoms with Gasteiger partial charge in [0.25, 0.3) is 0 Å². The van der Waals surface area contributed by atoms with E-state index in [0.717, 1.165) is 24.3 Å². The molecule has 0 saturated heterocycles. The lowest BCUT2D eigenvalue weighted by Crippen LogP contribution is -2.27. The van der Waals surface area contributed by atoms with Crippen molar-refractivity contribution >= 4 is 23.2 Å². The van der Waals surface area contributed by atoms with Crippen molar-refractivity contribution in [2.45, 2.75) is 25.9 Å². The number of rotatable bonds is 6. The normalized spacial score (nSPS) is 12.2. The van der Waals surface area contributed by atoms with Crippen molar-refractivity contribution in [2.75, 3.05) is 7.11 Å². The first-order valence-corrected chi connectivity index (χ1v) is 7.64. The van der Waals surface area contributed by atoms with Crippen molar-refractivity contribution < 1.29 is 4.74 Å². The van der Waals surface area contributed by atoms with Crippen LogP contribution in [0.2, 0.25) is 10.0 Å². The maximum atomic E-state index is 6.02. The molecule has 0 bridgehead atoms. The van der Waals surface area contributed by atoms with Crippen LogP contribution in [0.25, 0.3) is 0 Å². The minimum absolute atomic E-state index is 0.368. The Kier molecular flexibility index (Phi) is 5.92. The van der Waals surface area contributed by atoms with E-state index in [1.807, 2.05) is 30.3 Å². The molecule has 2 rings (SSSR count). The monoisotopic (exact) mass is 323 g/mol. The van der Waals surface area contributed by atoms with Crippen molar-refractivity contribution in [3.63, 3.8) is 0 Å². The van der Waals surface area contributed by atoms with Crippen LogP contribution in [-0.4, -0.2) is 13.2 Å². The number of nitrogens with one attached hydrogen (secondary N) is 1. The third kappa shape index (κ3) is 4.92. The smallest absolute Gasteiger partial charge is 0.118 e. The van der Waals surface area contributed by atoms with Crippen LogP contribution in [0.3, 0.4) is 0 Å². The van der Waals surface area contributed by atoms with Gasteiger partial charge in [-0.15, -0.1) is 0 Å². The maximum absolute atomic E-state index is 6.02. The summed E-state index contributed by atoms with van der Waals surface area (Å²) in [7, 11) is 1.68. The summed E-state index contributed by atoms with van der Waals surface area (Å²) in [5.74, 6) is 0.884. The van der Waals surface area contributed by atoms with E-state index in [4.69, 9.17) is 27.9 Å². The molecule has 0 spiro atoms. The quantitative estimate of drug-likeness (QED) is 0.830. The van der Waals surface area contributed by atoms with Gasteiger partial charge in [0, 0.05) is 12.6 Å². The molecule has 0 saturated carbocycles. The predicted molar refractivity (Wildman–Crippen MR) is 89.5 cm³/mol. The second-order valence-electron chi connectivity index (χ2n) is 5.08. The lowest BCUT2D eigenvalue weighted by molar-refractivity contribution is 0.414. The SMILES string of the molecule is COc1ccc(C[C@@H](C)NCc2ccc(Cl)c(Cl)c2)cc1. The second-order valence-corrected chi connectivity index (χ2v) is 5.90. The minimum Gasteiger partial charge on any atom is -0.497 e. The summed E-state index contributed by atoms with van der Waals surface area (Å²) in [6.07, 6.45) is 0.964. The van der Waals surface area contributed by atoms with Crippen molar-refractivity contribution in [1.29, 1.82) is 0 Å². The number of benzene rings is 2. The number of halogens is 2. The predicted octanol–water partition coefficient (Wildman–Crippen LogP) is 4.72. The van der Waals surface area contributed by atoms with Gasteiger partial charge in [0.1, 0.15) is 5.75 Å².